The zero-order valence-corrected chi connectivity index (χ0v) is 12.7. The fourth-order valence-electron chi connectivity index (χ4n) is 2.96. The molecule has 0 bridgehead atoms. The van der Waals surface area contributed by atoms with Crippen LogP contribution in [0.1, 0.15) is 30.4 Å². The van der Waals surface area contributed by atoms with Crippen LogP contribution >= 0.6 is 11.8 Å². The Labute approximate surface area is 120 Å². The molecule has 1 saturated carbocycles. The third-order valence-corrected chi connectivity index (χ3v) is 6.01. The molecule has 1 unspecified atom stereocenters. The second kappa shape index (κ2) is 5.37. The predicted octanol–water partition coefficient (Wildman–Crippen LogP) is 3.04. The minimum Gasteiger partial charge on any atom is -0.497 e. The predicted molar refractivity (Wildman–Crippen MR) is 82.3 cm³/mol. The van der Waals surface area contributed by atoms with E-state index >= 15 is 0 Å². The van der Waals surface area contributed by atoms with Crippen LogP contribution < -0.4 is 10.1 Å². The zero-order valence-electron chi connectivity index (χ0n) is 11.9. The van der Waals surface area contributed by atoms with E-state index < -0.39 is 0 Å². The van der Waals surface area contributed by atoms with Gasteiger partial charge in [0.15, 0.2) is 0 Å². The number of hydrogen-bond acceptors (Lipinski definition) is 3. The van der Waals surface area contributed by atoms with Crippen molar-refractivity contribution in [3.63, 3.8) is 0 Å². The Bertz CT molecular complexity index is 456. The van der Waals surface area contributed by atoms with E-state index in [-0.39, 0.29) is 0 Å². The number of rotatable bonds is 5. The summed E-state index contributed by atoms with van der Waals surface area (Å²) in [5.74, 6) is 0.988. The van der Waals surface area contributed by atoms with Crippen LogP contribution in [0.5, 0.6) is 5.75 Å². The van der Waals surface area contributed by atoms with Gasteiger partial charge in [-0.25, -0.2) is 0 Å². The molecule has 0 saturated heterocycles. The summed E-state index contributed by atoms with van der Waals surface area (Å²) >= 11 is 2.04. The van der Waals surface area contributed by atoms with Crippen molar-refractivity contribution in [3.8, 4) is 5.75 Å². The molecule has 0 aromatic heterocycles. The first-order valence-corrected chi connectivity index (χ1v) is 8.41. The second-order valence-electron chi connectivity index (χ2n) is 5.84. The minimum atomic E-state index is 0.564. The number of benzene rings is 1. The van der Waals surface area contributed by atoms with E-state index in [1.54, 1.807) is 7.11 Å². The van der Waals surface area contributed by atoms with E-state index in [0.717, 1.165) is 12.2 Å². The van der Waals surface area contributed by atoms with E-state index in [2.05, 4.69) is 29.8 Å². The molecule has 0 spiro atoms. The Hall–Kier alpha value is -0.670. The van der Waals surface area contributed by atoms with Gasteiger partial charge >= 0.3 is 0 Å². The van der Waals surface area contributed by atoms with Gasteiger partial charge < -0.3 is 10.1 Å². The molecular weight excluding hydrogens is 254 g/mol. The van der Waals surface area contributed by atoms with Gasteiger partial charge in [0.05, 0.1) is 7.11 Å². The van der Waals surface area contributed by atoms with Gasteiger partial charge in [0.1, 0.15) is 5.75 Å². The normalized spacial score (nSPS) is 23.8. The first-order chi connectivity index (χ1) is 9.24. The van der Waals surface area contributed by atoms with Crippen LogP contribution in [0.25, 0.3) is 0 Å². The number of nitrogens with one attached hydrogen (secondary N) is 1. The molecule has 1 aromatic carbocycles. The first kappa shape index (κ1) is 13.3. The van der Waals surface area contributed by atoms with Crippen molar-refractivity contribution in [2.45, 2.75) is 42.9 Å². The molecule has 0 amide bonds. The molecule has 1 fully saturated rings. The van der Waals surface area contributed by atoms with Crippen molar-refractivity contribution >= 4 is 11.8 Å². The molecule has 0 heterocycles. The van der Waals surface area contributed by atoms with Crippen LogP contribution in [0.3, 0.4) is 0 Å². The van der Waals surface area contributed by atoms with Gasteiger partial charge in [-0.1, -0.05) is 6.07 Å². The summed E-state index contributed by atoms with van der Waals surface area (Å²) in [5.41, 5.74) is 2.97. The van der Waals surface area contributed by atoms with Crippen LogP contribution in [0.4, 0.5) is 0 Å². The van der Waals surface area contributed by atoms with Crippen LogP contribution in [0.15, 0.2) is 18.2 Å². The third kappa shape index (κ3) is 2.92. The van der Waals surface area contributed by atoms with Gasteiger partial charge in [0.25, 0.3) is 0 Å². The summed E-state index contributed by atoms with van der Waals surface area (Å²) in [6, 6.07) is 7.17. The summed E-state index contributed by atoms with van der Waals surface area (Å²) < 4.78 is 5.90. The van der Waals surface area contributed by atoms with E-state index in [1.807, 2.05) is 11.8 Å². The first-order valence-electron chi connectivity index (χ1n) is 7.19. The molecule has 1 aromatic rings. The SMILES string of the molecule is COc1ccc2c(c1)CC(NCC1(SC)CC1)CC2. The smallest absolute Gasteiger partial charge is 0.119 e. The highest BCUT2D eigenvalue weighted by atomic mass is 32.2. The zero-order chi connectivity index (χ0) is 13.3. The van der Waals surface area contributed by atoms with Crippen LogP contribution in [-0.2, 0) is 12.8 Å². The minimum absolute atomic E-state index is 0.564. The van der Waals surface area contributed by atoms with Crippen LogP contribution in [-0.4, -0.2) is 30.7 Å². The van der Waals surface area contributed by atoms with Crippen molar-refractivity contribution in [1.29, 1.82) is 0 Å². The van der Waals surface area contributed by atoms with Crippen molar-refractivity contribution in [2.75, 3.05) is 19.9 Å². The molecule has 19 heavy (non-hydrogen) atoms. The number of methoxy groups -OCH3 is 1. The standard InChI is InChI=1S/C16H23NOS/c1-18-15-6-4-12-3-5-14(9-13(12)10-15)17-11-16(19-2)7-8-16/h4,6,10,14,17H,3,5,7-9,11H2,1-2H3. The van der Waals surface area contributed by atoms with Gasteiger partial charge in [0.2, 0.25) is 0 Å². The molecule has 0 aliphatic heterocycles. The fraction of sp³-hybridized carbons (Fsp3) is 0.625. The highest BCUT2D eigenvalue weighted by Crippen LogP contribution is 2.46. The number of hydrogen-bond donors (Lipinski definition) is 1. The Balaban J connectivity index is 1.61. The quantitative estimate of drug-likeness (QED) is 0.894. The number of ether oxygens (including phenoxy) is 1. The maximum atomic E-state index is 5.33. The van der Waals surface area contributed by atoms with Crippen LogP contribution in [0.2, 0.25) is 0 Å². The lowest BCUT2D eigenvalue weighted by Crippen LogP contribution is -2.39. The second-order valence-corrected chi connectivity index (χ2v) is 7.12. The average molecular weight is 277 g/mol. The van der Waals surface area contributed by atoms with Crippen molar-refractivity contribution in [3.05, 3.63) is 29.3 Å². The summed E-state index contributed by atoms with van der Waals surface area (Å²) in [7, 11) is 1.75. The van der Waals surface area contributed by atoms with E-state index in [1.165, 1.54) is 43.4 Å². The molecular formula is C16H23NOS. The fourth-order valence-corrected chi connectivity index (χ4v) is 3.70. The summed E-state index contributed by atoms with van der Waals surface area (Å²) in [6.07, 6.45) is 8.64. The van der Waals surface area contributed by atoms with Crippen LogP contribution in [0, 0.1) is 0 Å². The maximum Gasteiger partial charge on any atom is 0.119 e. The molecule has 2 aliphatic carbocycles. The van der Waals surface area contributed by atoms with Gasteiger partial charge in [-0.2, -0.15) is 11.8 Å². The largest absolute Gasteiger partial charge is 0.497 e. The molecule has 0 radical (unpaired) electrons. The van der Waals surface area contributed by atoms with Crippen molar-refractivity contribution in [2.24, 2.45) is 0 Å². The number of aryl methyl sites for hydroxylation is 1. The number of fused-ring (bicyclic) bond motifs is 1. The molecule has 2 aliphatic rings. The lowest BCUT2D eigenvalue weighted by atomic mass is 9.88. The maximum absolute atomic E-state index is 5.33. The number of thioether (sulfide) groups is 1. The molecule has 3 rings (SSSR count). The monoisotopic (exact) mass is 277 g/mol. The third-order valence-electron chi connectivity index (χ3n) is 4.60. The van der Waals surface area contributed by atoms with Crippen molar-refractivity contribution < 1.29 is 4.74 Å². The van der Waals surface area contributed by atoms with Gasteiger partial charge in [0, 0.05) is 17.3 Å². The highest BCUT2D eigenvalue weighted by molar-refractivity contribution is 8.00. The summed E-state index contributed by atoms with van der Waals surface area (Å²) in [4.78, 5) is 0. The Morgan fingerprint density at radius 1 is 1.37 bits per heavy atom. The molecule has 104 valence electrons. The lowest BCUT2D eigenvalue weighted by Gasteiger charge is -2.27. The summed E-state index contributed by atoms with van der Waals surface area (Å²) in [6.45, 7) is 1.18. The van der Waals surface area contributed by atoms with Gasteiger partial charge in [-0.3, -0.25) is 0 Å². The molecule has 2 nitrogen and oxygen atoms in total. The van der Waals surface area contributed by atoms with Crippen molar-refractivity contribution in [1.82, 2.24) is 5.32 Å². The highest BCUT2D eigenvalue weighted by Gasteiger charge is 2.41. The molecule has 1 N–H and O–H groups in total. The topological polar surface area (TPSA) is 21.3 Å². The molecule has 1 atom stereocenters. The van der Waals surface area contributed by atoms with E-state index in [0.29, 0.717) is 10.8 Å². The van der Waals surface area contributed by atoms with E-state index in [9.17, 15) is 0 Å². The summed E-state index contributed by atoms with van der Waals surface area (Å²) in [5, 5.41) is 3.79. The van der Waals surface area contributed by atoms with Gasteiger partial charge in [-0.05, 0) is 61.6 Å². The Morgan fingerprint density at radius 2 is 2.21 bits per heavy atom. The van der Waals surface area contributed by atoms with E-state index in [4.69, 9.17) is 4.74 Å². The lowest BCUT2D eigenvalue weighted by molar-refractivity contribution is 0.411. The molecule has 3 heteroatoms. The average Bonchev–Trinajstić information content (AvgIpc) is 3.25. The Kier molecular flexibility index (Phi) is 3.77. The van der Waals surface area contributed by atoms with Gasteiger partial charge in [-0.15, -0.1) is 0 Å². The Morgan fingerprint density at radius 3 is 2.89 bits per heavy atom.